The summed E-state index contributed by atoms with van der Waals surface area (Å²) in [6.45, 7) is 9.50. The maximum absolute atomic E-state index is 12.5. The van der Waals surface area contributed by atoms with E-state index < -0.39 is 0 Å². The minimum atomic E-state index is 0.0537. The summed E-state index contributed by atoms with van der Waals surface area (Å²) in [6, 6.07) is 0. The summed E-state index contributed by atoms with van der Waals surface area (Å²) in [6.07, 6.45) is 2.77. The van der Waals surface area contributed by atoms with Gasteiger partial charge in [0.05, 0.1) is 12.2 Å². The lowest BCUT2D eigenvalue weighted by Crippen LogP contribution is -2.48. The first-order valence-electron chi connectivity index (χ1n) is 8.86. The quantitative estimate of drug-likeness (QED) is 0.890. The number of likely N-dealkylation sites (tertiary alicyclic amines) is 1. The van der Waals surface area contributed by atoms with E-state index in [2.05, 4.69) is 23.7 Å². The van der Waals surface area contributed by atoms with Gasteiger partial charge in [-0.3, -0.25) is 9.69 Å². The molecule has 2 aliphatic heterocycles. The van der Waals surface area contributed by atoms with Crippen molar-refractivity contribution in [1.29, 1.82) is 0 Å². The lowest BCUT2D eigenvalue weighted by molar-refractivity contribution is -0.0728. The molecule has 0 bridgehead atoms. The number of morpholine rings is 1. The van der Waals surface area contributed by atoms with E-state index in [0.717, 1.165) is 50.6 Å². The first kappa shape index (κ1) is 17.8. The van der Waals surface area contributed by atoms with Crippen LogP contribution in [0, 0.1) is 5.92 Å². The SMILES string of the molecule is C[C@H]1CN(CC2CCN(C(=O)c3csc(CN)n3)CC2)C[C@H](C)O1. The molecule has 0 aromatic carbocycles. The molecule has 0 saturated carbocycles. The normalized spacial score (nSPS) is 26.7. The number of amides is 1. The third kappa shape index (κ3) is 4.33. The lowest BCUT2D eigenvalue weighted by Gasteiger charge is -2.39. The van der Waals surface area contributed by atoms with Gasteiger partial charge in [-0.1, -0.05) is 0 Å². The van der Waals surface area contributed by atoms with Gasteiger partial charge in [-0.15, -0.1) is 11.3 Å². The highest BCUT2D eigenvalue weighted by Gasteiger charge is 2.28. The zero-order chi connectivity index (χ0) is 17.1. The fraction of sp³-hybridized carbons (Fsp3) is 0.765. The van der Waals surface area contributed by atoms with E-state index in [-0.39, 0.29) is 5.91 Å². The molecule has 134 valence electrons. The number of nitrogens with two attached hydrogens (primary N) is 1. The molecule has 2 fully saturated rings. The number of piperidine rings is 1. The average molecular weight is 353 g/mol. The van der Waals surface area contributed by atoms with Gasteiger partial charge in [0.25, 0.3) is 5.91 Å². The maximum atomic E-state index is 12.5. The first-order chi connectivity index (χ1) is 11.5. The van der Waals surface area contributed by atoms with Crippen molar-refractivity contribution in [3.05, 3.63) is 16.1 Å². The van der Waals surface area contributed by atoms with Crippen molar-refractivity contribution in [1.82, 2.24) is 14.8 Å². The highest BCUT2D eigenvalue weighted by molar-refractivity contribution is 7.09. The fourth-order valence-corrected chi connectivity index (χ4v) is 4.43. The molecule has 1 amide bonds. The predicted octanol–water partition coefficient (Wildman–Crippen LogP) is 1.56. The Kier molecular flexibility index (Phi) is 5.86. The van der Waals surface area contributed by atoms with E-state index >= 15 is 0 Å². The Balaban J connectivity index is 1.47. The summed E-state index contributed by atoms with van der Waals surface area (Å²) in [5, 5.41) is 2.65. The van der Waals surface area contributed by atoms with Gasteiger partial charge in [-0.2, -0.15) is 0 Å². The van der Waals surface area contributed by atoms with Crippen molar-refractivity contribution in [3.63, 3.8) is 0 Å². The van der Waals surface area contributed by atoms with E-state index in [9.17, 15) is 4.79 Å². The average Bonchev–Trinajstić information content (AvgIpc) is 3.03. The highest BCUT2D eigenvalue weighted by Crippen LogP contribution is 2.22. The van der Waals surface area contributed by atoms with Gasteiger partial charge in [-0.25, -0.2) is 4.98 Å². The Labute approximate surface area is 148 Å². The van der Waals surface area contributed by atoms with Gasteiger partial charge >= 0.3 is 0 Å². The van der Waals surface area contributed by atoms with Gasteiger partial charge < -0.3 is 15.4 Å². The van der Waals surface area contributed by atoms with Gasteiger partial charge in [0, 0.05) is 44.6 Å². The number of thiazole rings is 1. The standard InChI is InChI=1S/C17H28N4O2S/c1-12-8-20(9-13(2)23-12)10-14-3-5-21(6-4-14)17(22)15-11-24-16(7-18)19-15/h11-14H,3-10,18H2,1-2H3/t12-,13-/m0/s1. The van der Waals surface area contributed by atoms with Crippen LogP contribution in [-0.2, 0) is 11.3 Å². The van der Waals surface area contributed by atoms with Crippen LogP contribution in [0.1, 0.15) is 42.2 Å². The van der Waals surface area contributed by atoms with Crippen molar-refractivity contribution >= 4 is 17.2 Å². The van der Waals surface area contributed by atoms with Gasteiger partial charge in [0.2, 0.25) is 0 Å². The predicted molar refractivity (Wildman–Crippen MR) is 95.1 cm³/mol. The van der Waals surface area contributed by atoms with E-state index in [1.54, 1.807) is 0 Å². The summed E-state index contributed by atoms with van der Waals surface area (Å²) >= 11 is 1.46. The summed E-state index contributed by atoms with van der Waals surface area (Å²) in [4.78, 5) is 21.3. The van der Waals surface area contributed by atoms with E-state index in [4.69, 9.17) is 10.5 Å². The Morgan fingerprint density at radius 3 is 2.58 bits per heavy atom. The second-order valence-electron chi connectivity index (χ2n) is 7.04. The highest BCUT2D eigenvalue weighted by atomic mass is 32.1. The van der Waals surface area contributed by atoms with Crippen molar-refractivity contribution in [2.24, 2.45) is 11.7 Å². The topological polar surface area (TPSA) is 71.7 Å². The number of hydrogen-bond donors (Lipinski definition) is 1. The second-order valence-corrected chi connectivity index (χ2v) is 7.98. The number of carbonyl (C=O) groups excluding carboxylic acids is 1. The Hall–Kier alpha value is -1.02. The van der Waals surface area contributed by atoms with Crippen molar-refractivity contribution in [3.8, 4) is 0 Å². The number of ether oxygens (including phenoxy) is 1. The van der Waals surface area contributed by atoms with Crippen LogP contribution < -0.4 is 5.73 Å². The molecule has 2 N–H and O–H groups in total. The lowest BCUT2D eigenvalue weighted by atomic mass is 9.95. The van der Waals surface area contributed by atoms with Crippen LogP contribution in [-0.4, -0.2) is 65.6 Å². The number of rotatable bonds is 4. The number of carbonyl (C=O) groups is 1. The Bertz CT molecular complexity index is 547. The molecule has 3 rings (SSSR count). The zero-order valence-corrected chi connectivity index (χ0v) is 15.4. The van der Waals surface area contributed by atoms with E-state index in [1.807, 2.05) is 10.3 Å². The van der Waals surface area contributed by atoms with Crippen LogP contribution in [0.4, 0.5) is 0 Å². The van der Waals surface area contributed by atoms with Crippen LogP contribution in [0.5, 0.6) is 0 Å². The minimum absolute atomic E-state index is 0.0537. The molecule has 2 aliphatic rings. The van der Waals surface area contributed by atoms with Gasteiger partial charge in [-0.05, 0) is 32.6 Å². The smallest absolute Gasteiger partial charge is 0.273 e. The molecule has 0 aliphatic carbocycles. The van der Waals surface area contributed by atoms with Crippen molar-refractivity contribution < 1.29 is 9.53 Å². The molecule has 0 radical (unpaired) electrons. The molecule has 2 atom stereocenters. The Morgan fingerprint density at radius 2 is 2.00 bits per heavy atom. The molecule has 1 aromatic rings. The fourth-order valence-electron chi connectivity index (χ4n) is 3.78. The summed E-state index contributed by atoms with van der Waals surface area (Å²) in [5.41, 5.74) is 6.13. The van der Waals surface area contributed by atoms with Gasteiger partial charge in [0.15, 0.2) is 0 Å². The maximum Gasteiger partial charge on any atom is 0.273 e. The monoisotopic (exact) mass is 352 g/mol. The van der Waals surface area contributed by atoms with Crippen LogP contribution in [0.2, 0.25) is 0 Å². The van der Waals surface area contributed by atoms with Crippen LogP contribution in [0.15, 0.2) is 5.38 Å². The van der Waals surface area contributed by atoms with Crippen LogP contribution in [0.25, 0.3) is 0 Å². The first-order valence-corrected chi connectivity index (χ1v) is 9.74. The molecule has 7 heteroatoms. The summed E-state index contributed by atoms with van der Waals surface area (Å²) < 4.78 is 5.80. The second kappa shape index (κ2) is 7.91. The zero-order valence-electron chi connectivity index (χ0n) is 14.6. The molecular weight excluding hydrogens is 324 g/mol. The summed E-state index contributed by atoms with van der Waals surface area (Å²) in [7, 11) is 0. The molecule has 1 aromatic heterocycles. The molecule has 6 nitrogen and oxygen atoms in total. The van der Waals surface area contributed by atoms with Crippen molar-refractivity contribution in [2.45, 2.75) is 45.4 Å². The van der Waals surface area contributed by atoms with Crippen molar-refractivity contribution in [2.75, 3.05) is 32.7 Å². The van der Waals surface area contributed by atoms with Crippen LogP contribution in [0.3, 0.4) is 0 Å². The van der Waals surface area contributed by atoms with Gasteiger partial charge in [0.1, 0.15) is 10.7 Å². The molecule has 0 spiro atoms. The number of aromatic nitrogens is 1. The molecule has 3 heterocycles. The largest absolute Gasteiger partial charge is 0.373 e. The molecular formula is C17H28N4O2S. The molecule has 24 heavy (non-hydrogen) atoms. The number of hydrogen-bond acceptors (Lipinski definition) is 6. The Morgan fingerprint density at radius 1 is 1.33 bits per heavy atom. The third-order valence-electron chi connectivity index (χ3n) is 4.86. The molecule has 2 saturated heterocycles. The molecule has 0 unspecified atom stereocenters. The summed E-state index contributed by atoms with van der Waals surface area (Å²) in [5.74, 6) is 0.722. The van der Waals surface area contributed by atoms with E-state index in [1.165, 1.54) is 11.3 Å². The van der Waals surface area contributed by atoms with Crippen LogP contribution >= 0.6 is 11.3 Å². The third-order valence-corrected chi connectivity index (χ3v) is 5.73. The van der Waals surface area contributed by atoms with E-state index in [0.29, 0.717) is 30.4 Å². The minimum Gasteiger partial charge on any atom is -0.373 e. The number of nitrogens with zero attached hydrogens (tertiary/aromatic N) is 3.